The molecular formula is C17H18BrFN2O. The van der Waals surface area contributed by atoms with Crippen molar-refractivity contribution in [1.82, 2.24) is 4.98 Å². The van der Waals surface area contributed by atoms with Gasteiger partial charge in [-0.05, 0) is 47.7 Å². The van der Waals surface area contributed by atoms with Crippen molar-refractivity contribution in [2.45, 2.75) is 32.6 Å². The Morgan fingerprint density at radius 3 is 2.82 bits per heavy atom. The Balaban J connectivity index is 2.06. The molecule has 116 valence electrons. The van der Waals surface area contributed by atoms with Gasteiger partial charge in [-0.3, -0.25) is 4.79 Å². The van der Waals surface area contributed by atoms with Gasteiger partial charge in [0, 0.05) is 10.7 Å². The van der Waals surface area contributed by atoms with Crippen LogP contribution in [0.25, 0.3) is 0 Å². The highest BCUT2D eigenvalue weighted by molar-refractivity contribution is 9.10. The lowest BCUT2D eigenvalue weighted by Gasteiger charge is -2.11. The number of carbonyl (C=O) groups is 1. The minimum atomic E-state index is -0.397. The average Bonchev–Trinajstić information content (AvgIpc) is 2.49. The van der Waals surface area contributed by atoms with Gasteiger partial charge in [-0.2, -0.15) is 0 Å². The van der Waals surface area contributed by atoms with Crippen molar-refractivity contribution in [1.29, 1.82) is 0 Å². The molecule has 1 unspecified atom stereocenters. The van der Waals surface area contributed by atoms with E-state index in [1.165, 1.54) is 6.07 Å². The molecule has 1 heterocycles. The molecule has 22 heavy (non-hydrogen) atoms. The highest BCUT2D eigenvalue weighted by Crippen LogP contribution is 2.20. The standard InChI is InChI=1S/C17H18BrFN2O/c1-3-11(2)12-6-7-20-16(8-12)21-17(22)9-13-4-5-14(18)10-15(13)19/h4-8,10-11H,3,9H2,1-2H3,(H,20,21,22). The lowest BCUT2D eigenvalue weighted by atomic mass is 10.00. The molecule has 0 bridgehead atoms. The smallest absolute Gasteiger partial charge is 0.230 e. The summed E-state index contributed by atoms with van der Waals surface area (Å²) in [5.41, 5.74) is 1.49. The first-order valence-corrected chi connectivity index (χ1v) is 7.98. The number of hydrogen-bond donors (Lipinski definition) is 1. The van der Waals surface area contributed by atoms with Gasteiger partial charge < -0.3 is 5.32 Å². The largest absolute Gasteiger partial charge is 0.310 e. The number of benzene rings is 1. The summed E-state index contributed by atoms with van der Waals surface area (Å²) >= 11 is 3.19. The zero-order valence-corrected chi connectivity index (χ0v) is 14.2. The Morgan fingerprint density at radius 2 is 2.14 bits per heavy atom. The second kappa shape index (κ2) is 7.49. The highest BCUT2D eigenvalue weighted by atomic mass is 79.9. The molecule has 1 amide bonds. The monoisotopic (exact) mass is 364 g/mol. The van der Waals surface area contributed by atoms with E-state index in [2.05, 4.69) is 40.1 Å². The van der Waals surface area contributed by atoms with Gasteiger partial charge >= 0.3 is 0 Å². The summed E-state index contributed by atoms with van der Waals surface area (Å²) in [6.45, 7) is 4.23. The molecule has 0 saturated heterocycles. The molecule has 1 aromatic heterocycles. The van der Waals surface area contributed by atoms with E-state index in [9.17, 15) is 9.18 Å². The van der Waals surface area contributed by atoms with E-state index in [0.29, 0.717) is 21.8 Å². The van der Waals surface area contributed by atoms with E-state index in [1.807, 2.05) is 12.1 Å². The van der Waals surface area contributed by atoms with E-state index < -0.39 is 5.82 Å². The SMILES string of the molecule is CCC(C)c1ccnc(NC(=O)Cc2ccc(Br)cc2F)c1. The predicted octanol–water partition coefficient (Wildman–Crippen LogP) is 4.68. The van der Waals surface area contributed by atoms with Crippen LogP contribution < -0.4 is 5.32 Å². The van der Waals surface area contributed by atoms with Gasteiger partial charge in [-0.15, -0.1) is 0 Å². The fourth-order valence-electron chi connectivity index (χ4n) is 2.08. The van der Waals surface area contributed by atoms with Crippen LogP contribution in [-0.2, 0) is 11.2 Å². The Kier molecular flexibility index (Phi) is 5.66. The summed E-state index contributed by atoms with van der Waals surface area (Å²) in [6, 6.07) is 8.47. The van der Waals surface area contributed by atoms with E-state index in [4.69, 9.17) is 0 Å². The van der Waals surface area contributed by atoms with Crippen molar-refractivity contribution in [2.24, 2.45) is 0 Å². The van der Waals surface area contributed by atoms with E-state index >= 15 is 0 Å². The number of halogens is 2. The molecule has 0 aliphatic heterocycles. The molecule has 1 N–H and O–H groups in total. The molecule has 0 aliphatic rings. The summed E-state index contributed by atoms with van der Waals surface area (Å²) in [7, 11) is 0. The number of carbonyl (C=O) groups excluding carboxylic acids is 1. The molecule has 0 radical (unpaired) electrons. The van der Waals surface area contributed by atoms with Crippen LogP contribution in [0, 0.1) is 5.82 Å². The maximum atomic E-state index is 13.7. The van der Waals surface area contributed by atoms with Crippen LogP contribution in [0.15, 0.2) is 41.0 Å². The van der Waals surface area contributed by atoms with Crippen LogP contribution in [0.5, 0.6) is 0 Å². The summed E-state index contributed by atoms with van der Waals surface area (Å²) in [5.74, 6) is 0.226. The van der Waals surface area contributed by atoms with Crippen LogP contribution in [0.1, 0.15) is 37.3 Å². The maximum absolute atomic E-state index is 13.7. The minimum Gasteiger partial charge on any atom is -0.310 e. The lowest BCUT2D eigenvalue weighted by Crippen LogP contribution is -2.16. The molecule has 0 aliphatic carbocycles. The summed E-state index contributed by atoms with van der Waals surface area (Å²) in [4.78, 5) is 16.2. The molecule has 1 aromatic carbocycles. The molecule has 0 fully saturated rings. The van der Waals surface area contributed by atoms with E-state index in [1.54, 1.807) is 18.3 Å². The number of anilines is 1. The highest BCUT2D eigenvalue weighted by Gasteiger charge is 2.11. The molecule has 0 spiro atoms. The normalized spacial score (nSPS) is 12.0. The third kappa shape index (κ3) is 4.37. The van der Waals surface area contributed by atoms with Gasteiger partial charge in [0.25, 0.3) is 0 Å². The van der Waals surface area contributed by atoms with E-state index in [0.717, 1.165) is 12.0 Å². The number of pyridine rings is 1. The van der Waals surface area contributed by atoms with Gasteiger partial charge in [0.2, 0.25) is 5.91 Å². The zero-order chi connectivity index (χ0) is 16.1. The van der Waals surface area contributed by atoms with Crippen LogP contribution in [-0.4, -0.2) is 10.9 Å². The van der Waals surface area contributed by atoms with Crippen molar-refractivity contribution in [3.05, 3.63) is 57.9 Å². The van der Waals surface area contributed by atoms with Crippen molar-refractivity contribution >= 4 is 27.7 Å². The van der Waals surface area contributed by atoms with Gasteiger partial charge in [0.15, 0.2) is 0 Å². The number of nitrogens with one attached hydrogen (secondary N) is 1. The summed E-state index contributed by atoms with van der Waals surface area (Å²) in [5, 5.41) is 2.72. The van der Waals surface area contributed by atoms with Gasteiger partial charge in [0.05, 0.1) is 6.42 Å². The summed E-state index contributed by atoms with van der Waals surface area (Å²) < 4.78 is 14.4. The Hall–Kier alpha value is -1.75. The fraction of sp³-hybridized carbons (Fsp3) is 0.294. The Labute approximate surface area is 138 Å². The first-order valence-electron chi connectivity index (χ1n) is 7.19. The van der Waals surface area contributed by atoms with Crippen molar-refractivity contribution in [3.8, 4) is 0 Å². The summed E-state index contributed by atoms with van der Waals surface area (Å²) in [6.07, 6.45) is 2.67. The topological polar surface area (TPSA) is 42.0 Å². The van der Waals surface area contributed by atoms with Crippen LogP contribution >= 0.6 is 15.9 Å². The maximum Gasteiger partial charge on any atom is 0.230 e. The first-order chi connectivity index (χ1) is 10.5. The third-order valence-corrected chi connectivity index (χ3v) is 4.09. The van der Waals surface area contributed by atoms with E-state index in [-0.39, 0.29) is 12.3 Å². The first kappa shape index (κ1) is 16.6. The van der Waals surface area contributed by atoms with Gasteiger partial charge in [-0.1, -0.05) is 35.8 Å². The minimum absolute atomic E-state index is 0.0195. The number of amides is 1. The molecule has 2 rings (SSSR count). The fourth-order valence-corrected chi connectivity index (χ4v) is 2.42. The Bertz CT molecular complexity index is 675. The average molecular weight is 365 g/mol. The molecule has 2 aromatic rings. The molecule has 3 nitrogen and oxygen atoms in total. The number of aromatic nitrogens is 1. The number of rotatable bonds is 5. The van der Waals surface area contributed by atoms with Crippen LogP contribution in [0.3, 0.4) is 0 Å². The third-order valence-electron chi connectivity index (χ3n) is 3.60. The van der Waals surface area contributed by atoms with Gasteiger partial charge in [0.1, 0.15) is 11.6 Å². The molecule has 5 heteroatoms. The second-order valence-electron chi connectivity index (χ2n) is 5.24. The van der Waals surface area contributed by atoms with Crippen LogP contribution in [0.2, 0.25) is 0 Å². The molecular weight excluding hydrogens is 347 g/mol. The lowest BCUT2D eigenvalue weighted by molar-refractivity contribution is -0.115. The van der Waals surface area contributed by atoms with Crippen molar-refractivity contribution < 1.29 is 9.18 Å². The quantitative estimate of drug-likeness (QED) is 0.836. The zero-order valence-electron chi connectivity index (χ0n) is 12.6. The number of nitrogens with zero attached hydrogens (tertiary/aromatic N) is 1. The van der Waals surface area contributed by atoms with Crippen molar-refractivity contribution in [2.75, 3.05) is 5.32 Å². The van der Waals surface area contributed by atoms with Crippen LogP contribution in [0.4, 0.5) is 10.2 Å². The molecule has 0 saturated carbocycles. The van der Waals surface area contributed by atoms with Gasteiger partial charge in [-0.25, -0.2) is 9.37 Å². The Morgan fingerprint density at radius 1 is 1.36 bits per heavy atom. The molecule has 1 atom stereocenters. The van der Waals surface area contributed by atoms with Crippen molar-refractivity contribution in [3.63, 3.8) is 0 Å². The predicted molar refractivity (Wildman–Crippen MR) is 89.4 cm³/mol. The number of hydrogen-bond acceptors (Lipinski definition) is 2. The second-order valence-corrected chi connectivity index (χ2v) is 6.16.